The van der Waals surface area contributed by atoms with Crippen molar-refractivity contribution in [2.75, 3.05) is 26.9 Å². The van der Waals surface area contributed by atoms with Crippen molar-refractivity contribution in [3.63, 3.8) is 0 Å². The second kappa shape index (κ2) is 14.7. The van der Waals surface area contributed by atoms with Gasteiger partial charge in [0.1, 0.15) is 11.5 Å². The second-order valence-corrected chi connectivity index (χ2v) is 9.69. The predicted octanol–water partition coefficient (Wildman–Crippen LogP) is 5.46. The number of methoxy groups -OCH3 is 1. The van der Waals surface area contributed by atoms with Gasteiger partial charge in [0.25, 0.3) is 5.91 Å². The molecule has 2 atom stereocenters. The van der Waals surface area contributed by atoms with E-state index in [1.807, 2.05) is 60.7 Å². The van der Waals surface area contributed by atoms with Gasteiger partial charge in [-0.1, -0.05) is 53.7 Å². The molecular weight excluding hydrogens is 534 g/mol. The Bertz CT molecular complexity index is 1450. The minimum absolute atomic E-state index is 0.0532. The number of para-hydroxylation sites is 1. The zero-order valence-corrected chi connectivity index (χ0v) is 23.6. The Labute approximate surface area is 245 Å². The summed E-state index contributed by atoms with van der Waals surface area (Å²) in [6.45, 7) is 4.83. The fourth-order valence-corrected chi connectivity index (χ4v) is 4.93. The van der Waals surface area contributed by atoms with E-state index in [9.17, 15) is 4.79 Å². The maximum absolute atomic E-state index is 14.1. The van der Waals surface area contributed by atoms with Crippen LogP contribution in [0.2, 0.25) is 0 Å². The highest BCUT2D eigenvalue weighted by Gasteiger charge is 2.52. The van der Waals surface area contributed by atoms with Crippen LogP contribution in [0.4, 0.5) is 0 Å². The molecule has 0 aliphatic carbocycles. The molecule has 1 aliphatic rings. The lowest BCUT2D eigenvalue weighted by Gasteiger charge is -2.30. The van der Waals surface area contributed by atoms with Gasteiger partial charge in [-0.25, -0.2) is 4.99 Å². The molecule has 1 aliphatic heterocycles. The molecule has 1 amide bonds. The third-order valence-corrected chi connectivity index (χ3v) is 7.00. The van der Waals surface area contributed by atoms with Crippen molar-refractivity contribution in [3.05, 3.63) is 118 Å². The lowest BCUT2D eigenvalue weighted by Crippen LogP contribution is -2.48. The van der Waals surface area contributed by atoms with Crippen LogP contribution in [0, 0.1) is 0 Å². The number of carbonyl (C=O) groups is 1. The molecule has 2 N–H and O–H groups in total. The van der Waals surface area contributed by atoms with Crippen LogP contribution in [0.1, 0.15) is 41.2 Å². The van der Waals surface area contributed by atoms with Crippen molar-refractivity contribution in [1.29, 1.82) is 0 Å². The van der Waals surface area contributed by atoms with Crippen LogP contribution in [-0.2, 0) is 22.5 Å². The van der Waals surface area contributed by atoms with Crippen molar-refractivity contribution >= 4 is 11.8 Å². The normalized spacial score (nSPS) is 17.4. The number of hydrogen-bond acceptors (Lipinski definition) is 7. The van der Waals surface area contributed by atoms with Crippen molar-refractivity contribution < 1.29 is 24.1 Å². The Morgan fingerprint density at radius 2 is 1.90 bits per heavy atom. The Morgan fingerprint density at radius 1 is 1.17 bits per heavy atom. The van der Waals surface area contributed by atoms with E-state index in [0.29, 0.717) is 48.8 Å². The van der Waals surface area contributed by atoms with Gasteiger partial charge in [0.2, 0.25) is 5.90 Å². The number of aliphatic imine (C=N–C) groups is 1. The van der Waals surface area contributed by atoms with E-state index in [4.69, 9.17) is 29.8 Å². The summed E-state index contributed by atoms with van der Waals surface area (Å²) in [5, 5.41) is 15.8. The average Bonchev–Trinajstić information content (AvgIpc) is 3.41. The maximum atomic E-state index is 14.1. The molecule has 42 heavy (non-hydrogen) atoms. The van der Waals surface area contributed by atoms with Gasteiger partial charge < -0.3 is 24.6 Å². The third-order valence-electron chi connectivity index (χ3n) is 7.00. The molecule has 0 bridgehead atoms. The van der Waals surface area contributed by atoms with Gasteiger partial charge >= 0.3 is 0 Å². The Hall–Kier alpha value is -4.79. The van der Waals surface area contributed by atoms with E-state index >= 15 is 0 Å². The summed E-state index contributed by atoms with van der Waals surface area (Å²) in [6.07, 6.45) is 2.16. The summed E-state index contributed by atoms with van der Waals surface area (Å²) in [4.78, 5) is 21.9. The van der Waals surface area contributed by atoms with Crippen LogP contribution in [0.25, 0.3) is 10.4 Å². The first-order chi connectivity index (χ1) is 20.6. The number of carbonyl (C=O) groups excluding carboxylic acids is 1. The zero-order chi connectivity index (χ0) is 29.8. The van der Waals surface area contributed by atoms with E-state index < -0.39 is 11.6 Å². The SMILES string of the molecule is C=CC[C@@]1(C(=O)NCCc2ccccc2OC)N=C(c2ccc(OCCCO)cc2)O[C@@H]1c1ccccc1CN=[N+]=[N-]. The summed E-state index contributed by atoms with van der Waals surface area (Å²) < 4.78 is 17.6. The van der Waals surface area contributed by atoms with Gasteiger partial charge in [0.15, 0.2) is 11.6 Å². The van der Waals surface area contributed by atoms with Gasteiger partial charge in [0.05, 0.1) is 20.3 Å². The maximum Gasteiger partial charge on any atom is 0.252 e. The topological polar surface area (TPSA) is 138 Å². The number of azide groups is 1. The molecule has 4 rings (SSSR count). The first kappa shape index (κ1) is 30.2. The van der Waals surface area contributed by atoms with Crippen molar-refractivity contribution in [2.45, 2.75) is 37.5 Å². The number of aliphatic hydroxyl groups excluding tert-OH is 1. The number of hydrogen-bond donors (Lipinski definition) is 2. The van der Waals surface area contributed by atoms with Crippen molar-refractivity contribution in [2.24, 2.45) is 10.1 Å². The molecule has 0 fully saturated rings. The smallest absolute Gasteiger partial charge is 0.252 e. The highest BCUT2D eigenvalue weighted by molar-refractivity contribution is 6.01. The summed E-state index contributed by atoms with van der Waals surface area (Å²) >= 11 is 0. The van der Waals surface area contributed by atoms with E-state index in [-0.39, 0.29) is 25.5 Å². The number of ether oxygens (including phenoxy) is 3. The predicted molar refractivity (Wildman–Crippen MR) is 161 cm³/mol. The highest BCUT2D eigenvalue weighted by Crippen LogP contribution is 2.44. The minimum Gasteiger partial charge on any atom is -0.496 e. The van der Waals surface area contributed by atoms with E-state index in [0.717, 1.165) is 16.9 Å². The molecule has 0 radical (unpaired) electrons. The van der Waals surface area contributed by atoms with E-state index in [1.165, 1.54) is 0 Å². The minimum atomic E-state index is -1.36. The van der Waals surface area contributed by atoms with Crippen LogP contribution in [0.15, 0.2) is 95.6 Å². The van der Waals surface area contributed by atoms with Crippen LogP contribution in [0.5, 0.6) is 11.5 Å². The van der Waals surface area contributed by atoms with Crippen LogP contribution < -0.4 is 14.8 Å². The van der Waals surface area contributed by atoms with Crippen LogP contribution in [0.3, 0.4) is 0 Å². The fraction of sp³-hybridized carbons (Fsp3) is 0.312. The molecule has 1 heterocycles. The lowest BCUT2D eigenvalue weighted by molar-refractivity contribution is -0.128. The van der Waals surface area contributed by atoms with Gasteiger partial charge in [0, 0.05) is 36.5 Å². The largest absolute Gasteiger partial charge is 0.496 e. The number of rotatable bonds is 15. The number of benzene rings is 3. The molecule has 10 heteroatoms. The molecule has 3 aromatic carbocycles. The van der Waals surface area contributed by atoms with Crippen molar-refractivity contribution in [1.82, 2.24) is 5.32 Å². The van der Waals surface area contributed by atoms with Gasteiger partial charge in [-0.05, 0) is 59.0 Å². The lowest BCUT2D eigenvalue weighted by atomic mass is 9.82. The zero-order valence-electron chi connectivity index (χ0n) is 23.6. The quantitative estimate of drug-likeness (QED) is 0.0823. The van der Waals surface area contributed by atoms with Crippen LogP contribution >= 0.6 is 0 Å². The number of aliphatic hydroxyl groups is 1. The molecule has 0 saturated carbocycles. The van der Waals surface area contributed by atoms with Gasteiger partial charge in [-0.2, -0.15) is 0 Å². The summed E-state index contributed by atoms with van der Waals surface area (Å²) in [7, 11) is 1.62. The molecule has 0 spiro atoms. The Kier molecular flexibility index (Phi) is 10.6. The van der Waals surface area contributed by atoms with Gasteiger partial charge in [-0.15, -0.1) is 6.58 Å². The first-order valence-corrected chi connectivity index (χ1v) is 13.8. The molecular formula is C32H35N5O5. The highest BCUT2D eigenvalue weighted by atomic mass is 16.5. The summed E-state index contributed by atoms with van der Waals surface area (Å²) in [6, 6.07) is 22.3. The monoisotopic (exact) mass is 569 g/mol. The molecule has 0 saturated heterocycles. The Morgan fingerprint density at radius 3 is 2.62 bits per heavy atom. The molecule has 3 aromatic rings. The molecule has 0 aromatic heterocycles. The average molecular weight is 570 g/mol. The van der Waals surface area contributed by atoms with Gasteiger partial charge in [-0.3, -0.25) is 4.79 Å². The standard InChI is InChI=1S/C32H35N5O5/c1-3-18-32(31(39)34-19-17-23-9-5-7-12-28(23)40-2)29(27-11-6-4-10-25(27)22-35-37-33)42-30(36-32)24-13-15-26(16-14-24)41-21-8-20-38/h3-7,9-16,29,38H,1,8,17-22H2,2H3,(H,34,39)/t29-,32-/m1/s1. The number of nitrogens with zero attached hydrogens (tertiary/aromatic N) is 4. The van der Waals surface area contributed by atoms with Crippen LogP contribution in [-0.4, -0.2) is 49.3 Å². The number of nitrogens with one attached hydrogen (secondary N) is 1. The van der Waals surface area contributed by atoms with E-state index in [2.05, 4.69) is 21.9 Å². The van der Waals surface area contributed by atoms with E-state index in [1.54, 1.807) is 25.3 Å². The number of amides is 1. The first-order valence-electron chi connectivity index (χ1n) is 13.8. The molecule has 0 unspecified atom stereocenters. The third kappa shape index (κ3) is 6.91. The molecule has 218 valence electrons. The fourth-order valence-electron chi connectivity index (χ4n) is 4.93. The summed E-state index contributed by atoms with van der Waals surface area (Å²) in [5.41, 5.74) is 10.7. The second-order valence-electron chi connectivity index (χ2n) is 9.69. The van der Waals surface area contributed by atoms with Crippen molar-refractivity contribution in [3.8, 4) is 11.5 Å². The molecule has 10 nitrogen and oxygen atoms in total. The summed E-state index contributed by atoms with van der Waals surface area (Å²) in [5.74, 6) is 1.40. The Balaban J connectivity index is 1.68.